The van der Waals surface area contributed by atoms with Gasteiger partial charge in [-0.1, -0.05) is 29.3 Å². The maximum absolute atomic E-state index is 12.2. The molecule has 0 saturated carbocycles. The third-order valence-corrected chi connectivity index (χ3v) is 4.82. The second-order valence-corrected chi connectivity index (χ2v) is 6.65. The molecular weight excluding hydrogens is 403 g/mol. The number of hydrazone groups is 1. The fraction of sp³-hybridized carbons (Fsp3) is 0.100. The highest BCUT2D eigenvalue weighted by Crippen LogP contribution is 2.34. The predicted molar refractivity (Wildman–Crippen MR) is 107 cm³/mol. The molecule has 0 fully saturated rings. The van der Waals surface area contributed by atoms with Crippen molar-refractivity contribution in [2.75, 3.05) is 13.2 Å². The third-order valence-electron chi connectivity index (χ3n) is 4.01. The first-order valence-corrected chi connectivity index (χ1v) is 9.15. The van der Waals surface area contributed by atoms with Gasteiger partial charge in [0.05, 0.1) is 16.3 Å². The van der Waals surface area contributed by atoms with Gasteiger partial charge in [0.1, 0.15) is 24.7 Å². The summed E-state index contributed by atoms with van der Waals surface area (Å²) < 4.78 is 16.6. The standard InChI is InChI=1S/C20H14Cl2N2O4/c21-15-3-1-2-14(19(15)22)16-7-5-13(28-16)11-23-24-20(25)12-4-6-17-18(10-12)27-9-8-26-17/h1-7,10-11H,8-9H2,(H,24,25)/b23-11-. The van der Waals surface area contributed by atoms with Crippen molar-refractivity contribution in [3.63, 3.8) is 0 Å². The van der Waals surface area contributed by atoms with Crippen LogP contribution in [0.2, 0.25) is 10.0 Å². The minimum absolute atomic E-state index is 0.377. The van der Waals surface area contributed by atoms with Crippen molar-refractivity contribution in [3.8, 4) is 22.8 Å². The van der Waals surface area contributed by atoms with Crippen LogP contribution < -0.4 is 14.9 Å². The first-order chi connectivity index (χ1) is 13.6. The summed E-state index contributed by atoms with van der Waals surface area (Å²) in [6.07, 6.45) is 1.40. The lowest BCUT2D eigenvalue weighted by Gasteiger charge is -2.18. The van der Waals surface area contributed by atoms with Gasteiger partial charge in [0.25, 0.3) is 5.91 Å². The van der Waals surface area contributed by atoms with Gasteiger partial charge < -0.3 is 13.9 Å². The summed E-state index contributed by atoms with van der Waals surface area (Å²) in [7, 11) is 0. The molecule has 0 bridgehead atoms. The highest BCUT2D eigenvalue weighted by Gasteiger charge is 2.15. The monoisotopic (exact) mass is 416 g/mol. The van der Waals surface area contributed by atoms with Crippen molar-refractivity contribution in [2.45, 2.75) is 0 Å². The molecule has 2 heterocycles. The molecule has 0 unspecified atom stereocenters. The molecule has 2 aromatic carbocycles. The number of rotatable bonds is 4. The summed E-state index contributed by atoms with van der Waals surface area (Å²) >= 11 is 12.2. The summed E-state index contributed by atoms with van der Waals surface area (Å²) in [6, 6.07) is 13.7. The number of hydrogen-bond donors (Lipinski definition) is 1. The lowest BCUT2D eigenvalue weighted by atomic mass is 10.2. The molecule has 8 heteroatoms. The minimum atomic E-state index is -0.377. The molecule has 0 aliphatic carbocycles. The normalized spacial score (nSPS) is 12.9. The minimum Gasteiger partial charge on any atom is -0.486 e. The Morgan fingerprint density at radius 2 is 1.86 bits per heavy atom. The van der Waals surface area contributed by atoms with Gasteiger partial charge in [-0.3, -0.25) is 4.79 Å². The summed E-state index contributed by atoms with van der Waals surface area (Å²) in [5, 5.41) is 4.78. The van der Waals surface area contributed by atoms with Crippen LogP contribution in [0.15, 0.2) is 58.0 Å². The Morgan fingerprint density at radius 1 is 1.04 bits per heavy atom. The fourth-order valence-corrected chi connectivity index (χ4v) is 3.06. The molecule has 1 aliphatic heterocycles. The molecule has 142 valence electrons. The predicted octanol–water partition coefficient (Wildman–Crippen LogP) is 4.79. The smallest absolute Gasteiger partial charge is 0.271 e. The van der Waals surface area contributed by atoms with Gasteiger partial charge in [-0.05, 0) is 42.5 Å². The van der Waals surface area contributed by atoms with Gasteiger partial charge in [-0.15, -0.1) is 0 Å². The van der Waals surface area contributed by atoms with Crippen molar-refractivity contribution in [1.82, 2.24) is 5.43 Å². The largest absolute Gasteiger partial charge is 0.486 e. The number of amides is 1. The molecule has 1 aliphatic rings. The zero-order chi connectivity index (χ0) is 19.5. The number of halogens is 2. The molecule has 1 amide bonds. The van der Waals surface area contributed by atoms with Crippen LogP contribution in [-0.2, 0) is 0 Å². The van der Waals surface area contributed by atoms with E-state index in [0.29, 0.717) is 57.4 Å². The maximum Gasteiger partial charge on any atom is 0.271 e. The van der Waals surface area contributed by atoms with E-state index < -0.39 is 0 Å². The molecule has 1 aromatic heterocycles. The van der Waals surface area contributed by atoms with Crippen LogP contribution in [0.5, 0.6) is 11.5 Å². The Kier molecular flexibility index (Phi) is 5.23. The number of ether oxygens (including phenoxy) is 2. The van der Waals surface area contributed by atoms with E-state index in [1.54, 1.807) is 48.5 Å². The third kappa shape index (κ3) is 3.83. The van der Waals surface area contributed by atoms with Gasteiger partial charge in [-0.25, -0.2) is 5.43 Å². The first-order valence-electron chi connectivity index (χ1n) is 8.39. The van der Waals surface area contributed by atoms with Crippen LogP contribution >= 0.6 is 23.2 Å². The van der Waals surface area contributed by atoms with Gasteiger partial charge in [-0.2, -0.15) is 5.10 Å². The van der Waals surface area contributed by atoms with E-state index in [0.717, 1.165) is 0 Å². The number of nitrogens with one attached hydrogen (secondary N) is 1. The molecule has 4 rings (SSSR count). The quantitative estimate of drug-likeness (QED) is 0.490. The van der Waals surface area contributed by atoms with Crippen LogP contribution in [0, 0.1) is 0 Å². The number of hydrogen-bond acceptors (Lipinski definition) is 5. The summed E-state index contributed by atoms with van der Waals surface area (Å²) in [6.45, 7) is 0.946. The molecule has 0 saturated heterocycles. The number of benzene rings is 2. The molecule has 0 atom stereocenters. The molecule has 0 radical (unpaired) electrons. The zero-order valence-electron chi connectivity index (χ0n) is 14.4. The van der Waals surface area contributed by atoms with Gasteiger partial charge in [0.15, 0.2) is 11.5 Å². The summed E-state index contributed by atoms with van der Waals surface area (Å²) in [5.74, 6) is 1.78. The van der Waals surface area contributed by atoms with Crippen LogP contribution in [0.3, 0.4) is 0 Å². The molecule has 28 heavy (non-hydrogen) atoms. The first kappa shape index (κ1) is 18.4. The molecule has 3 aromatic rings. The summed E-state index contributed by atoms with van der Waals surface area (Å²) in [5.41, 5.74) is 3.54. The van der Waals surface area contributed by atoms with Gasteiger partial charge >= 0.3 is 0 Å². The number of fused-ring (bicyclic) bond motifs is 1. The molecule has 0 spiro atoms. The lowest BCUT2D eigenvalue weighted by molar-refractivity contribution is 0.0954. The van der Waals surface area contributed by atoms with Crippen LogP contribution in [0.4, 0.5) is 0 Å². The molecule has 6 nitrogen and oxygen atoms in total. The highest BCUT2D eigenvalue weighted by atomic mass is 35.5. The number of furan rings is 1. The topological polar surface area (TPSA) is 73.1 Å². The lowest BCUT2D eigenvalue weighted by Crippen LogP contribution is -2.19. The van der Waals surface area contributed by atoms with E-state index in [4.69, 9.17) is 37.1 Å². The zero-order valence-corrected chi connectivity index (χ0v) is 16.0. The van der Waals surface area contributed by atoms with Gasteiger partial charge in [0, 0.05) is 11.1 Å². The van der Waals surface area contributed by atoms with Crippen molar-refractivity contribution >= 4 is 35.3 Å². The Balaban J connectivity index is 1.43. The Labute approximate surface area is 170 Å². The second-order valence-electron chi connectivity index (χ2n) is 5.86. The maximum atomic E-state index is 12.2. The average molecular weight is 417 g/mol. The van der Waals surface area contributed by atoms with Crippen molar-refractivity contribution in [2.24, 2.45) is 5.10 Å². The van der Waals surface area contributed by atoms with Gasteiger partial charge in [0.2, 0.25) is 0 Å². The Bertz CT molecular complexity index is 1060. The molecular formula is C20H14Cl2N2O4. The van der Waals surface area contributed by atoms with Crippen LogP contribution in [-0.4, -0.2) is 25.3 Å². The van der Waals surface area contributed by atoms with E-state index in [9.17, 15) is 4.79 Å². The van der Waals surface area contributed by atoms with E-state index in [1.807, 2.05) is 0 Å². The van der Waals surface area contributed by atoms with Crippen molar-refractivity contribution in [1.29, 1.82) is 0 Å². The molecule has 1 N–H and O–H groups in total. The van der Waals surface area contributed by atoms with Crippen molar-refractivity contribution in [3.05, 3.63) is 69.9 Å². The number of carbonyl (C=O) groups excluding carboxylic acids is 1. The van der Waals surface area contributed by atoms with E-state index in [1.165, 1.54) is 6.21 Å². The number of nitrogens with zero attached hydrogens (tertiary/aromatic N) is 1. The Hall–Kier alpha value is -2.96. The highest BCUT2D eigenvalue weighted by molar-refractivity contribution is 6.43. The van der Waals surface area contributed by atoms with Crippen LogP contribution in [0.1, 0.15) is 16.1 Å². The van der Waals surface area contributed by atoms with E-state index in [2.05, 4.69) is 10.5 Å². The fourth-order valence-electron chi connectivity index (χ4n) is 2.66. The second kappa shape index (κ2) is 7.96. The number of carbonyl (C=O) groups is 1. The van der Waals surface area contributed by atoms with E-state index in [-0.39, 0.29) is 5.91 Å². The SMILES string of the molecule is O=C(N/N=C\c1ccc(-c2cccc(Cl)c2Cl)o1)c1ccc2c(c1)OCCO2. The Morgan fingerprint density at radius 3 is 2.71 bits per heavy atom. The van der Waals surface area contributed by atoms with E-state index >= 15 is 0 Å². The van der Waals surface area contributed by atoms with Crippen LogP contribution in [0.25, 0.3) is 11.3 Å². The average Bonchev–Trinajstić information content (AvgIpc) is 3.18. The summed E-state index contributed by atoms with van der Waals surface area (Å²) in [4.78, 5) is 12.2. The van der Waals surface area contributed by atoms with Crippen molar-refractivity contribution < 1.29 is 18.7 Å².